The van der Waals surface area contributed by atoms with Crippen molar-refractivity contribution in [1.82, 2.24) is 9.88 Å². The molecule has 1 saturated carbocycles. The molecule has 1 aromatic carbocycles. The van der Waals surface area contributed by atoms with Gasteiger partial charge in [0.25, 0.3) is 0 Å². The van der Waals surface area contributed by atoms with Crippen LogP contribution in [-0.2, 0) is 6.54 Å². The van der Waals surface area contributed by atoms with Gasteiger partial charge in [-0.1, -0.05) is 6.07 Å². The molecular weight excluding hydrogens is 300 g/mol. The lowest BCUT2D eigenvalue weighted by Crippen LogP contribution is -2.43. The van der Waals surface area contributed by atoms with Crippen molar-refractivity contribution in [2.24, 2.45) is 5.92 Å². The number of aromatic nitrogens is 1. The van der Waals surface area contributed by atoms with Gasteiger partial charge < -0.3 is 9.47 Å². The molecule has 1 aromatic heterocycles. The summed E-state index contributed by atoms with van der Waals surface area (Å²) < 4.78 is 11.3. The second-order valence-corrected chi connectivity index (χ2v) is 6.81. The monoisotopic (exact) mass is 324 g/mol. The standard InChI is InChI=1S/C20H24N2O2/c1-23-18-6-8-19(9-7-18)24-14-20-16-4-5-17(11-16)22(20)13-15-3-2-10-21-12-15/h2-3,6-10,12,16-17,20H,4-5,11,13-14H2,1H3/t16-,17-,20+/m1/s1. The highest BCUT2D eigenvalue weighted by molar-refractivity contribution is 5.31. The van der Waals surface area contributed by atoms with E-state index in [-0.39, 0.29) is 0 Å². The van der Waals surface area contributed by atoms with Crippen molar-refractivity contribution in [3.63, 3.8) is 0 Å². The average Bonchev–Trinajstić information content (AvgIpc) is 3.23. The molecule has 4 nitrogen and oxygen atoms in total. The summed E-state index contributed by atoms with van der Waals surface area (Å²) in [5.74, 6) is 2.55. The summed E-state index contributed by atoms with van der Waals surface area (Å²) in [6.45, 7) is 1.74. The molecule has 2 heterocycles. The van der Waals surface area contributed by atoms with Gasteiger partial charge in [-0.05, 0) is 61.1 Å². The number of fused-ring (bicyclic) bond motifs is 2. The van der Waals surface area contributed by atoms with E-state index in [2.05, 4.69) is 16.0 Å². The highest BCUT2D eigenvalue weighted by Gasteiger charge is 2.45. The molecular formula is C20H24N2O2. The van der Waals surface area contributed by atoms with Gasteiger partial charge >= 0.3 is 0 Å². The number of hydrogen-bond donors (Lipinski definition) is 0. The zero-order chi connectivity index (χ0) is 16.4. The zero-order valence-electron chi connectivity index (χ0n) is 14.1. The fourth-order valence-corrected chi connectivity index (χ4v) is 4.22. The van der Waals surface area contributed by atoms with Crippen LogP contribution in [-0.4, -0.2) is 35.7 Å². The summed E-state index contributed by atoms with van der Waals surface area (Å²) >= 11 is 0. The summed E-state index contributed by atoms with van der Waals surface area (Å²) in [6, 6.07) is 13.3. The Bertz CT molecular complexity index is 659. The predicted octanol–water partition coefficient (Wildman–Crippen LogP) is 3.52. The molecule has 0 radical (unpaired) electrons. The van der Waals surface area contributed by atoms with Crippen LogP contribution in [0.3, 0.4) is 0 Å². The normalized spacial score (nSPS) is 25.8. The number of benzene rings is 1. The van der Waals surface area contributed by atoms with Gasteiger partial charge in [0, 0.05) is 31.0 Å². The Kier molecular flexibility index (Phi) is 4.39. The maximum absolute atomic E-state index is 6.10. The number of hydrogen-bond acceptors (Lipinski definition) is 4. The number of likely N-dealkylation sites (tertiary alicyclic amines) is 1. The smallest absolute Gasteiger partial charge is 0.119 e. The summed E-state index contributed by atoms with van der Waals surface area (Å²) in [5, 5.41) is 0. The number of methoxy groups -OCH3 is 1. The number of rotatable bonds is 6. The lowest BCUT2D eigenvalue weighted by molar-refractivity contribution is 0.0866. The Hall–Kier alpha value is -2.07. The van der Waals surface area contributed by atoms with Crippen LogP contribution in [0.4, 0.5) is 0 Å². The molecule has 1 saturated heterocycles. The van der Waals surface area contributed by atoms with Crippen molar-refractivity contribution in [2.75, 3.05) is 13.7 Å². The fraction of sp³-hybridized carbons (Fsp3) is 0.450. The van der Waals surface area contributed by atoms with Gasteiger partial charge in [-0.3, -0.25) is 9.88 Å². The van der Waals surface area contributed by atoms with E-state index in [1.165, 1.54) is 24.8 Å². The van der Waals surface area contributed by atoms with Crippen LogP contribution in [0.1, 0.15) is 24.8 Å². The minimum absolute atomic E-state index is 0.506. The van der Waals surface area contributed by atoms with Gasteiger partial charge in [0.1, 0.15) is 18.1 Å². The Morgan fingerprint density at radius 2 is 1.96 bits per heavy atom. The molecule has 1 aliphatic carbocycles. The maximum atomic E-state index is 6.10. The number of nitrogens with zero attached hydrogens (tertiary/aromatic N) is 2. The van der Waals surface area contributed by atoms with Gasteiger partial charge in [-0.2, -0.15) is 0 Å². The van der Waals surface area contributed by atoms with Crippen molar-refractivity contribution in [3.05, 3.63) is 54.4 Å². The maximum Gasteiger partial charge on any atom is 0.119 e. The molecule has 2 fully saturated rings. The van der Waals surface area contributed by atoms with Crippen molar-refractivity contribution >= 4 is 0 Å². The lowest BCUT2D eigenvalue weighted by Gasteiger charge is -2.35. The molecule has 2 bridgehead atoms. The van der Waals surface area contributed by atoms with E-state index in [4.69, 9.17) is 9.47 Å². The molecule has 2 aromatic rings. The zero-order valence-corrected chi connectivity index (χ0v) is 14.1. The minimum Gasteiger partial charge on any atom is -0.497 e. The molecule has 24 heavy (non-hydrogen) atoms. The minimum atomic E-state index is 0.506. The van der Waals surface area contributed by atoms with E-state index < -0.39 is 0 Å². The van der Waals surface area contributed by atoms with Crippen LogP contribution in [0.2, 0.25) is 0 Å². The summed E-state index contributed by atoms with van der Waals surface area (Å²) in [7, 11) is 1.68. The van der Waals surface area contributed by atoms with Crippen LogP contribution >= 0.6 is 0 Å². The highest BCUT2D eigenvalue weighted by Crippen LogP contribution is 2.43. The van der Waals surface area contributed by atoms with Gasteiger partial charge in [0.2, 0.25) is 0 Å². The molecule has 0 amide bonds. The molecule has 126 valence electrons. The average molecular weight is 324 g/mol. The number of pyridine rings is 1. The third-order valence-corrected chi connectivity index (χ3v) is 5.45. The Morgan fingerprint density at radius 3 is 2.71 bits per heavy atom. The van der Waals surface area contributed by atoms with Gasteiger partial charge in [0.15, 0.2) is 0 Å². The first-order valence-electron chi connectivity index (χ1n) is 8.75. The van der Waals surface area contributed by atoms with Gasteiger partial charge in [-0.15, -0.1) is 0 Å². The summed E-state index contributed by atoms with van der Waals surface area (Å²) in [4.78, 5) is 6.89. The third-order valence-electron chi connectivity index (χ3n) is 5.45. The molecule has 1 aliphatic heterocycles. The Balaban J connectivity index is 1.42. The van der Waals surface area contributed by atoms with E-state index in [1.54, 1.807) is 7.11 Å². The van der Waals surface area contributed by atoms with E-state index in [9.17, 15) is 0 Å². The van der Waals surface area contributed by atoms with Crippen molar-refractivity contribution in [3.8, 4) is 11.5 Å². The van der Waals surface area contributed by atoms with E-state index in [1.807, 2.05) is 42.7 Å². The molecule has 4 rings (SSSR count). The van der Waals surface area contributed by atoms with Crippen LogP contribution in [0.5, 0.6) is 11.5 Å². The Morgan fingerprint density at radius 1 is 1.12 bits per heavy atom. The second kappa shape index (κ2) is 6.81. The number of piperidine rings is 1. The van der Waals surface area contributed by atoms with E-state index >= 15 is 0 Å². The SMILES string of the molecule is COc1ccc(OC[C@H]2[C@@H]3CC[C@H](C3)N2Cc2cccnc2)cc1. The Labute approximate surface area is 143 Å². The molecule has 4 heteroatoms. The third kappa shape index (κ3) is 3.11. The van der Waals surface area contributed by atoms with Crippen LogP contribution in [0.25, 0.3) is 0 Å². The first kappa shape index (κ1) is 15.5. The largest absolute Gasteiger partial charge is 0.497 e. The summed E-state index contributed by atoms with van der Waals surface area (Å²) in [5.41, 5.74) is 1.29. The first-order valence-corrected chi connectivity index (χ1v) is 8.75. The second-order valence-electron chi connectivity index (χ2n) is 6.81. The molecule has 0 spiro atoms. The van der Waals surface area contributed by atoms with Crippen LogP contribution in [0.15, 0.2) is 48.8 Å². The predicted molar refractivity (Wildman–Crippen MR) is 93.2 cm³/mol. The van der Waals surface area contributed by atoms with Crippen LogP contribution in [0, 0.1) is 5.92 Å². The molecule has 3 atom stereocenters. The quantitative estimate of drug-likeness (QED) is 0.814. The lowest BCUT2D eigenvalue weighted by atomic mass is 9.99. The van der Waals surface area contributed by atoms with Crippen molar-refractivity contribution < 1.29 is 9.47 Å². The van der Waals surface area contributed by atoms with Crippen molar-refractivity contribution in [1.29, 1.82) is 0 Å². The first-order chi connectivity index (χ1) is 11.8. The van der Waals surface area contributed by atoms with Gasteiger partial charge in [0.05, 0.1) is 7.11 Å². The highest BCUT2D eigenvalue weighted by atomic mass is 16.5. The molecule has 0 unspecified atom stereocenters. The van der Waals surface area contributed by atoms with E-state index in [0.29, 0.717) is 12.1 Å². The summed E-state index contributed by atoms with van der Waals surface area (Å²) in [6.07, 6.45) is 7.79. The molecule has 2 aliphatic rings. The van der Waals surface area contributed by atoms with Crippen molar-refractivity contribution in [2.45, 2.75) is 37.9 Å². The fourth-order valence-electron chi connectivity index (χ4n) is 4.22. The number of ether oxygens (including phenoxy) is 2. The van der Waals surface area contributed by atoms with E-state index in [0.717, 1.165) is 30.6 Å². The van der Waals surface area contributed by atoms with Crippen LogP contribution < -0.4 is 9.47 Å². The van der Waals surface area contributed by atoms with Gasteiger partial charge in [-0.25, -0.2) is 0 Å². The molecule has 0 N–H and O–H groups in total. The topological polar surface area (TPSA) is 34.6 Å².